The van der Waals surface area contributed by atoms with Crippen LogP contribution in [0.4, 0.5) is 0 Å². The van der Waals surface area contributed by atoms with Crippen LogP contribution in [0.1, 0.15) is 12.0 Å². The molecule has 15 heavy (non-hydrogen) atoms. The average molecular weight is 289 g/mol. The molecule has 0 fully saturated rings. The first-order chi connectivity index (χ1) is 7.22. The maximum Gasteiger partial charge on any atom is 0.0701 e. The van der Waals surface area contributed by atoms with Gasteiger partial charge >= 0.3 is 0 Å². The quantitative estimate of drug-likeness (QED) is 0.341. The molecule has 0 unspecified atom stereocenters. The molecular weight excluding hydrogens is 276 g/mol. The van der Waals surface area contributed by atoms with Crippen LogP contribution in [0.15, 0.2) is 20.3 Å². The van der Waals surface area contributed by atoms with Crippen LogP contribution in [0.5, 0.6) is 0 Å². The van der Waals surface area contributed by atoms with E-state index in [1.165, 1.54) is 9.35 Å². The van der Waals surface area contributed by atoms with Crippen molar-refractivity contribution >= 4 is 27.3 Å². The standard InChI is InChI=1S/C9H13BrN4S/c1-14(4-2-3-12-13-11)6-8-5-9(10)15-7-8/h5,7H,2-4,6H2,1H3. The maximum atomic E-state index is 8.11. The highest BCUT2D eigenvalue weighted by Gasteiger charge is 2.01. The third kappa shape index (κ3) is 5.18. The fourth-order valence-corrected chi connectivity index (χ4v) is 2.48. The fourth-order valence-electron chi connectivity index (χ4n) is 1.28. The van der Waals surface area contributed by atoms with Gasteiger partial charge in [0.2, 0.25) is 0 Å². The second-order valence-corrected chi connectivity index (χ2v) is 5.60. The van der Waals surface area contributed by atoms with Crippen molar-refractivity contribution < 1.29 is 0 Å². The third-order valence-corrected chi connectivity index (χ3v) is 3.49. The van der Waals surface area contributed by atoms with Crippen LogP contribution >= 0.6 is 27.3 Å². The minimum absolute atomic E-state index is 0.578. The fraction of sp³-hybridized carbons (Fsp3) is 0.556. The molecule has 0 N–H and O–H groups in total. The summed E-state index contributed by atoms with van der Waals surface area (Å²) in [6.45, 7) is 2.47. The molecule has 1 aromatic rings. The molecule has 6 heteroatoms. The Morgan fingerprint density at radius 1 is 1.67 bits per heavy atom. The van der Waals surface area contributed by atoms with E-state index in [9.17, 15) is 0 Å². The number of hydrogen-bond donors (Lipinski definition) is 0. The molecule has 0 aromatic carbocycles. The van der Waals surface area contributed by atoms with Gasteiger partial charge in [-0.15, -0.1) is 11.3 Å². The third-order valence-electron chi connectivity index (χ3n) is 1.94. The molecule has 0 aliphatic heterocycles. The van der Waals surface area contributed by atoms with Gasteiger partial charge in [-0.2, -0.15) is 0 Å². The van der Waals surface area contributed by atoms with E-state index in [1.54, 1.807) is 11.3 Å². The molecule has 0 bridgehead atoms. The van der Waals surface area contributed by atoms with Crippen molar-refractivity contribution in [1.29, 1.82) is 0 Å². The number of halogens is 1. The predicted molar refractivity (Wildman–Crippen MR) is 67.0 cm³/mol. The van der Waals surface area contributed by atoms with E-state index >= 15 is 0 Å². The zero-order valence-corrected chi connectivity index (χ0v) is 11.0. The average Bonchev–Trinajstić information content (AvgIpc) is 2.59. The van der Waals surface area contributed by atoms with E-state index in [1.807, 2.05) is 0 Å². The SMILES string of the molecule is CN(CCCN=[N+]=[N-])Cc1csc(Br)c1. The normalized spacial score (nSPS) is 10.3. The molecule has 0 saturated heterocycles. The van der Waals surface area contributed by atoms with Crippen LogP contribution in [0.2, 0.25) is 0 Å². The highest BCUT2D eigenvalue weighted by molar-refractivity contribution is 9.11. The van der Waals surface area contributed by atoms with E-state index in [0.717, 1.165) is 19.5 Å². The van der Waals surface area contributed by atoms with Gasteiger partial charge in [-0.05, 0) is 58.5 Å². The molecule has 0 spiro atoms. The maximum absolute atomic E-state index is 8.11. The van der Waals surface area contributed by atoms with E-state index in [-0.39, 0.29) is 0 Å². The largest absolute Gasteiger partial charge is 0.302 e. The molecule has 0 radical (unpaired) electrons. The summed E-state index contributed by atoms with van der Waals surface area (Å²) >= 11 is 5.14. The number of hydrogen-bond acceptors (Lipinski definition) is 3. The van der Waals surface area contributed by atoms with Gasteiger partial charge < -0.3 is 4.90 Å². The van der Waals surface area contributed by atoms with Crippen molar-refractivity contribution in [2.45, 2.75) is 13.0 Å². The Hall–Kier alpha value is -0.550. The van der Waals surface area contributed by atoms with Crippen molar-refractivity contribution in [2.75, 3.05) is 20.1 Å². The summed E-state index contributed by atoms with van der Waals surface area (Å²) < 4.78 is 1.17. The smallest absolute Gasteiger partial charge is 0.0701 e. The minimum Gasteiger partial charge on any atom is -0.302 e. The number of azide groups is 1. The van der Waals surface area contributed by atoms with E-state index in [2.05, 4.69) is 49.3 Å². The molecule has 0 atom stereocenters. The lowest BCUT2D eigenvalue weighted by atomic mass is 10.3. The molecule has 0 amide bonds. The lowest BCUT2D eigenvalue weighted by Gasteiger charge is -2.14. The lowest BCUT2D eigenvalue weighted by molar-refractivity contribution is 0.324. The predicted octanol–water partition coefficient (Wildman–Crippen LogP) is 3.64. The van der Waals surface area contributed by atoms with Gasteiger partial charge in [-0.25, -0.2) is 0 Å². The summed E-state index contributed by atoms with van der Waals surface area (Å²) in [5.74, 6) is 0. The lowest BCUT2D eigenvalue weighted by Crippen LogP contribution is -2.19. The van der Waals surface area contributed by atoms with E-state index < -0.39 is 0 Å². The Kier molecular flexibility index (Phi) is 5.71. The van der Waals surface area contributed by atoms with Gasteiger partial charge in [-0.1, -0.05) is 5.11 Å². The number of rotatable bonds is 6. The second-order valence-electron chi connectivity index (χ2n) is 3.30. The minimum atomic E-state index is 0.578. The zero-order valence-electron chi connectivity index (χ0n) is 8.56. The van der Waals surface area contributed by atoms with Crippen molar-refractivity contribution in [3.63, 3.8) is 0 Å². The molecule has 0 aliphatic carbocycles. The molecule has 1 aromatic heterocycles. The van der Waals surface area contributed by atoms with Gasteiger partial charge in [0.25, 0.3) is 0 Å². The number of thiophene rings is 1. The molecule has 1 heterocycles. The summed E-state index contributed by atoms with van der Waals surface area (Å²) in [5.41, 5.74) is 9.43. The molecule has 0 saturated carbocycles. The summed E-state index contributed by atoms with van der Waals surface area (Å²) in [6.07, 6.45) is 0.909. The Morgan fingerprint density at radius 2 is 2.47 bits per heavy atom. The summed E-state index contributed by atoms with van der Waals surface area (Å²) in [6, 6.07) is 2.13. The highest BCUT2D eigenvalue weighted by Crippen LogP contribution is 2.21. The van der Waals surface area contributed by atoms with Gasteiger partial charge in [0, 0.05) is 18.0 Å². The monoisotopic (exact) mass is 288 g/mol. The van der Waals surface area contributed by atoms with Gasteiger partial charge in [0.1, 0.15) is 0 Å². The number of nitrogens with zero attached hydrogens (tertiary/aromatic N) is 4. The van der Waals surface area contributed by atoms with E-state index in [4.69, 9.17) is 5.53 Å². The van der Waals surface area contributed by atoms with Crippen LogP contribution in [-0.2, 0) is 6.54 Å². The first-order valence-electron chi connectivity index (χ1n) is 4.64. The summed E-state index contributed by atoms with van der Waals surface area (Å²) in [5, 5.41) is 5.65. The van der Waals surface area contributed by atoms with Crippen LogP contribution in [0.3, 0.4) is 0 Å². The van der Waals surface area contributed by atoms with Crippen LogP contribution < -0.4 is 0 Å². The van der Waals surface area contributed by atoms with Crippen molar-refractivity contribution in [2.24, 2.45) is 5.11 Å². The Labute approximate surface area is 102 Å². The highest BCUT2D eigenvalue weighted by atomic mass is 79.9. The summed E-state index contributed by atoms with van der Waals surface area (Å²) in [4.78, 5) is 4.95. The molecule has 0 aliphatic rings. The van der Waals surface area contributed by atoms with Crippen molar-refractivity contribution in [3.8, 4) is 0 Å². The summed E-state index contributed by atoms with van der Waals surface area (Å²) in [7, 11) is 2.07. The van der Waals surface area contributed by atoms with Crippen molar-refractivity contribution in [1.82, 2.24) is 4.90 Å². The van der Waals surface area contributed by atoms with Crippen molar-refractivity contribution in [3.05, 3.63) is 31.2 Å². The first kappa shape index (κ1) is 12.5. The molecule has 4 nitrogen and oxygen atoms in total. The van der Waals surface area contributed by atoms with Crippen LogP contribution in [-0.4, -0.2) is 25.0 Å². The second kappa shape index (κ2) is 6.85. The molecule has 82 valence electrons. The van der Waals surface area contributed by atoms with Gasteiger partial charge in [0.05, 0.1) is 3.79 Å². The first-order valence-corrected chi connectivity index (χ1v) is 6.32. The zero-order chi connectivity index (χ0) is 11.1. The topological polar surface area (TPSA) is 52.0 Å². The van der Waals surface area contributed by atoms with Crippen LogP contribution in [0.25, 0.3) is 10.4 Å². The van der Waals surface area contributed by atoms with E-state index in [0.29, 0.717) is 6.54 Å². The Morgan fingerprint density at radius 3 is 3.07 bits per heavy atom. The Balaban J connectivity index is 2.23. The van der Waals surface area contributed by atoms with Crippen LogP contribution in [0, 0.1) is 0 Å². The molecular formula is C9H13BrN4S. The Bertz CT molecular complexity index is 346. The van der Waals surface area contributed by atoms with Gasteiger partial charge in [-0.3, -0.25) is 0 Å². The van der Waals surface area contributed by atoms with Gasteiger partial charge in [0.15, 0.2) is 0 Å². The molecule has 1 rings (SSSR count).